The van der Waals surface area contributed by atoms with Gasteiger partial charge in [-0.1, -0.05) is 37.6 Å². The summed E-state index contributed by atoms with van der Waals surface area (Å²) in [6.07, 6.45) is 5.44. The van der Waals surface area contributed by atoms with E-state index in [0.29, 0.717) is 16.7 Å². The van der Waals surface area contributed by atoms with Crippen molar-refractivity contribution in [2.75, 3.05) is 5.75 Å². The molecule has 1 atom stereocenters. The SMILES string of the molecule is CCCCSC1CCCc2c1c(O)c1ccccc1c2O. The molecule has 112 valence electrons. The molecule has 3 rings (SSSR count). The van der Waals surface area contributed by atoms with Gasteiger partial charge in [-0.3, -0.25) is 0 Å². The average molecular weight is 302 g/mol. The van der Waals surface area contributed by atoms with E-state index >= 15 is 0 Å². The molecule has 0 aromatic heterocycles. The zero-order valence-corrected chi connectivity index (χ0v) is 13.2. The number of benzene rings is 2. The van der Waals surface area contributed by atoms with E-state index in [1.54, 1.807) is 0 Å². The Morgan fingerprint density at radius 2 is 1.86 bits per heavy atom. The molecule has 0 saturated carbocycles. The highest BCUT2D eigenvalue weighted by Crippen LogP contribution is 2.50. The van der Waals surface area contributed by atoms with Crippen molar-refractivity contribution >= 4 is 22.5 Å². The molecule has 0 bridgehead atoms. The minimum atomic E-state index is 0.316. The molecule has 0 heterocycles. The standard InChI is InChI=1S/C18H22O2S/c1-2-3-11-21-15-10-6-9-14-16(15)18(20)13-8-5-4-7-12(13)17(14)19/h4-5,7-8,15,19-20H,2-3,6,9-11H2,1H3. The van der Waals surface area contributed by atoms with E-state index in [-0.39, 0.29) is 0 Å². The Balaban J connectivity index is 2.09. The van der Waals surface area contributed by atoms with Crippen LogP contribution in [0.15, 0.2) is 24.3 Å². The number of phenols is 2. The molecular weight excluding hydrogens is 280 g/mol. The van der Waals surface area contributed by atoms with Gasteiger partial charge in [-0.05, 0) is 31.4 Å². The van der Waals surface area contributed by atoms with Crippen molar-refractivity contribution in [3.63, 3.8) is 0 Å². The highest BCUT2D eigenvalue weighted by atomic mass is 32.2. The summed E-state index contributed by atoms with van der Waals surface area (Å²) in [7, 11) is 0. The number of unbranched alkanes of at least 4 members (excludes halogenated alkanes) is 1. The Hall–Kier alpha value is -1.35. The second-order valence-corrected chi connectivity index (χ2v) is 7.05. The molecule has 1 unspecified atom stereocenters. The smallest absolute Gasteiger partial charge is 0.128 e. The molecule has 0 spiro atoms. The minimum absolute atomic E-state index is 0.316. The summed E-state index contributed by atoms with van der Waals surface area (Å²) >= 11 is 1.92. The van der Waals surface area contributed by atoms with E-state index < -0.39 is 0 Å². The maximum Gasteiger partial charge on any atom is 0.128 e. The zero-order chi connectivity index (χ0) is 14.8. The first-order chi connectivity index (χ1) is 10.2. The van der Waals surface area contributed by atoms with Crippen LogP contribution in [-0.4, -0.2) is 16.0 Å². The molecule has 2 N–H and O–H groups in total. The maximum absolute atomic E-state index is 10.7. The van der Waals surface area contributed by atoms with Gasteiger partial charge in [-0.25, -0.2) is 0 Å². The van der Waals surface area contributed by atoms with E-state index in [2.05, 4.69) is 6.92 Å². The lowest BCUT2D eigenvalue weighted by Gasteiger charge is -2.28. The zero-order valence-electron chi connectivity index (χ0n) is 12.4. The van der Waals surface area contributed by atoms with Gasteiger partial charge in [0.1, 0.15) is 11.5 Å². The predicted molar refractivity (Wildman–Crippen MR) is 90.3 cm³/mol. The third-order valence-electron chi connectivity index (χ3n) is 4.34. The third-order valence-corrected chi connectivity index (χ3v) is 5.73. The minimum Gasteiger partial charge on any atom is -0.507 e. The summed E-state index contributed by atoms with van der Waals surface area (Å²) < 4.78 is 0. The van der Waals surface area contributed by atoms with Crippen LogP contribution in [0, 0.1) is 0 Å². The van der Waals surface area contributed by atoms with Gasteiger partial charge in [0.25, 0.3) is 0 Å². The van der Waals surface area contributed by atoms with Crippen molar-refractivity contribution in [3.05, 3.63) is 35.4 Å². The van der Waals surface area contributed by atoms with Crippen LogP contribution in [0.25, 0.3) is 10.8 Å². The third kappa shape index (κ3) is 2.59. The molecule has 0 amide bonds. The van der Waals surface area contributed by atoms with Gasteiger partial charge in [0.2, 0.25) is 0 Å². The average Bonchev–Trinajstić information content (AvgIpc) is 2.53. The Kier molecular flexibility index (Phi) is 4.29. The van der Waals surface area contributed by atoms with Crippen LogP contribution in [-0.2, 0) is 6.42 Å². The summed E-state index contributed by atoms with van der Waals surface area (Å²) in [5.41, 5.74) is 1.95. The molecule has 21 heavy (non-hydrogen) atoms. The van der Waals surface area contributed by atoms with Crippen LogP contribution in [0.2, 0.25) is 0 Å². The second kappa shape index (κ2) is 6.18. The van der Waals surface area contributed by atoms with Crippen LogP contribution < -0.4 is 0 Å². The number of aromatic hydroxyl groups is 2. The Bertz CT molecular complexity index is 651. The van der Waals surface area contributed by atoms with E-state index in [9.17, 15) is 10.2 Å². The summed E-state index contributed by atoms with van der Waals surface area (Å²) in [5.74, 6) is 1.87. The van der Waals surface area contributed by atoms with Gasteiger partial charge in [-0.15, -0.1) is 0 Å². The molecule has 1 aliphatic rings. The van der Waals surface area contributed by atoms with Gasteiger partial charge >= 0.3 is 0 Å². The van der Waals surface area contributed by atoms with E-state index in [4.69, 9.17) is 0 Å². The fourth-order valence-electron chi connectivity index (χ4n) is 3.22. The number of thioether (sulfide) groups is 1. The lowest BCUT2D eigenvalue weighted by molar-refractivity contribution is 0.448. The van der Waals surface area contributed by atoms with Gasteiger partial charge in [0.15, 0.2) is 0 Å². The molecule has 0 fully saturated rings. The number of hydrogen-bond donors (Lipinski definition) is 2. The lowest BCUT2D eigenvalue weighted by Crippen LogP contribution is -2.09. The summed E-state index contributed by atoms with van der Waals surface area (Å²) in [4.78, 5) is 0. The van der Waals surface area contributed by atoms with Crippen molar-refractivity contribution in [1.82, 2.24) is 0 Å². The largest absolute Gasteiger partial charge is 0.507 e. The first kappa shape index (κ1) is 14.6. The Morgan fingerprint density at radius 3 is 2.57 bits per heavy atom. The predicted octanol–water partition coefficient (Wildman–Crippen LogP) is 5.16. The van der Waals surface area contributed by atoms with Crippen LogP contribution in [0.5, 0.6) is 11.5 Å². The van der Waals surface area contributed by atoms with Gasteiger partial charge in [0, 0.05) is 27.1 Å². The Morgan fingerprint density at radius 1 is 1.14 bits per heavy atom. The molecule has 2 nitrogen and oxygen atoms in total. The van der Waals surface area contributed by atoms with Crippen molar-refractivity contribution in [2.45, 2.75) is 44.3 Å². The molecule has 2 aromatic carbocycles. The molecule has 0 aliphatic heterocycles. The summed E-state index contributed by atoms with van der Waals surface area (Å²) in [6.45, 7) is 2.20. The number of phenolic OH excluding ortho intramolecular Hbond substituents is 2. The lowest BCUT2D eigenvalue weighted by atomic mass is 9.87. The normalized spacial score (nSPS) is 17.9. The van der Waals surface area contributed by atoms with Gasteiger partial charge in [0.05, 0.1) is 0 Å². The Labute approximate surface area is 130 Å². The van der Waals surface area contributed by atoms with Gasteiger partial charge in [-0.2, -0.15) is 11.8 Å². The first-order valence-corrected chi connectivity index (χ1v) is 8.86. The van der Waals surface area contributed by atoms with Crippen LogP contribution in [0.1, 0.15) is 49.0 Å². The van der Waals surface area contributed by atoms with Crippen LogP contribution >= 0.6 is 11.8 Å². The van der Waals surface area contributed by atoms with Crippen molar-refractivity contribution in [3.8, 4) is 11.5 Å². The van der Waals surface area contributed by atoms with Crippen LogP contribution in [0.4, 0.5) is 0 Å². The topological polar surface area (TPSA) is 40.5 Å². The summed E-state index contributed by atoms with van der Waals surface area (Å²) in [5, 5.41) is 23.2. The molecule has 3 heteroatoms. The van der Waals surface area contributed by atoms with Crippen LogP contribution in [0.3, 0.4) is 0 Å². The van der Waals surface area contributed by atoms with E-state index in [1.807, 2.05) is 36.0 Å². The fraction of sp³-hybridized carbons (Fsp3) is 0.444. The highest BCUT2D eigenvalue weighted by molar-refractivity contribution is 7.99. The second-order valence-electron chi connectivity index (χ2n) is 5.74. The van der Waals surface area contributed by atoms with Crippen molar-refractivity contribution < 1.29 is 10.2 Å². The maximum atomic E-state index is 10.7. The van der Waals surface area contributed by atoms with Crippen molar-refractivity contribution in [1.29, 1.82) is 0 Å². The van der Waals surface area contributed by atoms with Gasteiger partial charge < -0.3 is 10.2 Å². The number of hydrogen-bond acceptors (Lipinski definition) is 3. The molecule has 2 aromatic rings. The van der Waals surface area contributed by atoms with E-state index in [0.717, 1.165) is 46.9 Å². The molecule has 1 aliphatic carbocycles. The quantitative estimate of drug-likeness (QED) is 0.605. The highest BCUT2D eigenvalue weighted by Gasteiger charge is 2.28. The molecule has 0 radical (unpaired) electrons. The summed E-state index contributed by atoms with van der Waals surface area (Å²) in [6, 6.07) is 7.60. The fourth-order valence-corrected chi connectivity index (χ4v) is 4.71. The number of fused-ring (bicyclic) bond motifs is 2. The molecule has 0 saturated heterocycles. The molecular formula is C18H22O2S. The van der Waals surface area contributed by atoms with E-state index in [1.165, 1.54) is 12.8 Å². The number of rotatable bonds is 4. The van der Waals surface area contributed by atoms with Crippen molar-refractivity contribution in [2.24, 2.45) is 0 Å². The first-order valence-electron chi connectivity index (χ1n) is 7.81. The monoisotopic (exact) mass is 302 g/mol.